The average molecular weight is 671 g/mol. The molecule has 5 heteroatoms. The molecule has 4 nitrogen and oxygen atoms in total. The summed E-state index contributed by atoms with van der Waals surface area (Å²) < 4.78 is 2.45. The van der Waals surface area contributed by atoms with Gasteiger partial charge in [-0.1, -0.05) is 140 Å². The second-order valence-corrected chi connectivity index (χ2v) is 13.2. The van der Waals surface area contributed by atoms with Gasteiger partial charge in [-0.15, -0.1) is 11.3 Å². The third kappa shape index (κ3) is 6.52. The molecule has 0 aliphatic rings. The Hall–Kier alpha value is -6.74. The Balaban J connectivity index is 1.15. The Morgan fingerprint density at radius 1 is 0.588 bits per heavy atom. The van der Waals surface area contributed by atoms with Gasteiger partial charge in [0.05, 0.1) is 11.6 Å². The summed E-state index contributed by atoms with van der Waals surface area (Å²) in [4.78, 5) is 9.54. The van der Waals surface area contributed by atoms with Gasteiger partial charge in [-0.3, -0.25) is 5.41 Å². The predicted octanol–water partition coefficient (Wildman–Crippen LogP) is 11.8. The van der Waals surface area contributed by atoms with E-state index in [1.165, 1.54) is 20.2 Å². The lowest BCUT2D eigenvalue weighted by atomic mass is 9.90. The van der Waals surface area contributed by atoms with Gasteiger partial charge >= 0.3 is 0 Å². The molecule has 0 saturated carbocycles. The highest BCUT2D eigenvalue weighted by molar-refractivity contribution is 7.26. The normalized spacial score (nSPS) is 11.6. The van der Waals surface area contributed by atoms with Crippen molar-refractivity contribution in [1.29, 1.82) is 10.7 Å². The van der Waals surface area contributed by atoms with Crippen molar-refractivity contribution in [2.75, 3.05) is 0 Å². The van der Waals surface area contributed by atoms with Crippen LogP contribution in [-0.2, 0) is 0 Å². The first-order valence-corrected chi connectivity index (χ1v) is 17.4. The maximum absolute atomic E-state index is 9.45. The second-order valence-electron chi connectivity index (χ2n) is 12.1. The minimum absolute atomic E-state index is 0.127. The van der Waals surface area contributed by atoms with E-state index in [-0.39, 0.29) is 5.84 Å². The number of hydrogen-bond donors (Lipinski definition) is 1. The van der Waals surface area contributed by atoms with Crippen LogP contribution >= 0.6 is 11.3 Å². The number of aliphatic imine (C=N–C) groups is 2. The van der Waals surface area contributed by atoms with Crippen LogP contribution in [-0.4, -0.2) is 17.9 Å². The molecule has 0 unspecified atom stereocenters. The van der Waals surface area contributed by atoms with Gasteiger partial charge in [0.2, 0.25) is 0 Å². The fourth-order valence-electron chi connectivity index (χ4n) is 6.37. The van der Waals surface area contributed by atoms with Gasteiger partial charge in [-0.25, -0.2) is 9.98 Å². The molecule has 0 atom stereocenters. The van der Waals surface area contributed by atoms with E-state index in [0.717, 1.165) is 44.5 Å². The third-order valence-electron chi connectivity index (χ3n) is 8.89. The molecule has 0 aliphatic carbocycles. The Morgan fingerprint density at radius 2 is 1.27 bits per heavy atom. The standard InChI is InChI=1S/C46H30N4S/c47-29-31-18-20-35(21-19-31)43-39(26-27-42-44(43)40-16-7-8-17-41(40)51-42)34-22-24-36(25-23-34)45(48)50-46(37-13-5-2-6-14-37)49-30-32-10-9-15-38(28-32)33-11-3-1-4-12-33/h1-28,30,48H/b48-45?,49-30+,50-46-. The maximum atomic E-state index is 9.45. The van der Waals surface area contributed by atoms with Crippen LogP contribution in [0.3, 0.4) is 0 Å². The van der Waals surface area contributed by atoms with Crippen LogP contribution in [0, 0.1) is 16.7 Å². The maximum Gasteiger partial charge on any atom is 0.161 e. The highest BCUT2D eigenvalue weighted by Gasteiger charge is 2.17. The molecule has 0 amide bonds. The van der Waals surface area contributed by atoms with E-state index in [0.29, 0.717) is 17.0 Å². The zero-order chi connectivity index (χ0) is 34.6. The third-order valence-corrected chi connectivity index (χ3v) is 10.0. The zero-order valence-corrected chi connectivity index (χ0v) is 28.3. The van der Waals surface area contributed by atoms with Gasteiger partial charge in [0.1, 0.15) is 0 Å². The van der Waals surface area contributed by atoms with Crippen molar-refractivity contribution in [2.24, 2.45) is 9.98 Å². The fourth-order valence-corrected chi connectivity index (χ4v) is 7.48. The summed E-state index contributed by atoms with van der Waals surface area (Å²) in [6, 6.07) is 59.3. The number of thiophene rings is 1. The van der Waals surface area contributed by atoms with Crippen molar-refractivity contribution in [3.8, 4) is 39.4 Å². The highest BCUT2D eigenvalue weighted by Crippen LogP contribution is 2.45. The molecule has 8 rings (SSSR count). The lowest BCUT2D eigenvalue weighted by molar-refractivity contribution is 1.40. The number of nitrogens with one attached hydrogen (secondary N) is 1. The van der Waals surface area contributed by atoms with Crippen LogP contribution in [0.5, 0.6) is 0 Å². The summed E-state index contributed by atoms with van der Waals surface area (Å²) >= 11 is 1.79. The molecule has 0 radical (unpaired) electrons. The van der Waals surface area contributed by atoms with Crippen molar-refractivity contribution < 1.29 is 0 Å². The first-order valence-electron chi connectivity index (χ1n) is 16.6. The molecule has 1 aromatic heterocycles. The molecule has 1 N–H and O–H groups in total. The molecule has 7 aromatic carbocycles. The van der Waals surface area contributed by atoms with E-state index in [9.17, 15) is 5.26 Å². The van der Waals surface area contributed by atoms with Crippen LogP contribution in [0.15, 0.2) is 180 Å². The van der Waals surface area contributed by atoms with Crippen LogP contribution in [0.25, 0.3) is 53.6 Å². The number of nitrogens with zero attached hydrogens (tertiary/aromatic N) is 3. The number of amidine groups is 2. The summed E-state index contributed by atoms with van der Waals surface area (Å²) in [6.45, 7) is 0. The lowest BCUT2D eigenvalue weighted by Gasteiger charge is -2.14. The van der Waals surface area contributed by atoms with E-state index in [1.54, 1.807) is 11.3 Å². The molecule has 0 fully saturated rings. The van der Waals surface area contributed by atoms with E-state index in [4.69, 9.17) is 15.4 Å². The van der Waals surface area contributed by atoms with Gasteiger partial charge < -0.3 is 0 Å². The smallest absolute Gasteiger partial charge is 0.161 e. The first-order chi connectivity index (χ1) is 25.1. The molecule has 0 spiro atoms. The van der Waals surface area contributed by atoms with E-state index in [2.05, 4.69) is 78.9 Å². The highest BCUT2D eigenvalue weighted by atomic mass is 32.1. The molecular weight excluding hydrogens is 641 g/mol. The summed E-state index contributed by atoms with van der Waals surface area (Å²) in [6.07, 6.45) is 1.81. The van der Waals surface area contributed by atoms with Gasteiger partial charge in [-0.2, -0.15) is 5.26 Å². The van der Waals surface area contributed by atoms with Crippen LogP contribution in [0.4, 0.5) is 0 Å². The summed E-state index contributed by atoms with van der Waals surface area (Å²) in [7, 11) is 0. The van der Waals surface area contributed by atoms with Crippen molar-refractivity contribution in [3.05, 3.63) is 192 Å². The fraction of sp³-hybridized carbons (Fsp3) is 0. The van der Waals surface area contributed by atoms with Gasteiger partial charge in [0.15, 0.2) is 11.7 Å². The molecular formula is C46H30N4S. The molecule has 1 heterocycles. The van der Waals surface area contributed by atoms with Crippen molar-refractivity contribution in [3.63, 3.8) is 0 Å². The summed E-state index contributed by atoms with van der Waals surface area (Å²) in [5.41, 5.74) is 9.66. The van der Waals surface area contributed by atoms with Crippen LogP contribution < -0.4 is 0 Å². The van der Waals surface area contributed by atoms with E-state index >= 15 is 0 Å². The number of fused-ring (bicyclic) bond motifs is 3. The Morgan fingerprint density at radius 3 is 2.04 bits per heavy atom. The number of nitriles is 1. The molecule has 0 saturated heterocycles. The summed E-state index contributed by atoms with van der Waals surface area (Å²) in [5.74, 6) is 0.592. The van der Waals surface area contributed by atoms with Gasteiger partial charge in [0.25, 0.3) is 0 Å². The molecule has 8 aromatic rings. The number of benzene rings is 7. The topological polar surface area (TPSA) is 72.4 Å². The number of rotatable bonds is 6. The number of hydrogen-bond acceptors (Lipinski definition) is 3. The summed E-state index contributed by atoms with van der Waals surface area (Å²) in [5, 5.41) is 20.9. The van der Waals surface area contributed by atoms with E-state index in [1.807, 2.05) is 103 Å². The van der Waals surface area contributed by atoms with Crippen molar-refractivity contribution in [2.45, 2.75) is 0 Å². The lowest BCUT2D eigenvalue weighted by Crippen LogP contribution is -2.04. The minimum Gasteiger partial charge on any atom is -0.282 e. The zero-order valence-electron chi connectivity index (χ0n) is 27.5. The molecule has 51 heavy (non-hydrogen) atoms. The first kappa shape index (κ1) is 31.5. The SMILES string of the molecule is N#Cc1ccc(-c2c(-c3ccc(C(=N)/N=C(\N=C\c4cccc(-c5ccccc5)c4)c4ccccc4)cc3)ccc3sc4ccccc4c23)cc1. The monoisotopic (exact) mass is 670 g/mol. The Bertz CT molecular complexity index is 2630. The van der Waals surface area contributed by atoms with Crippen molar-refractivity contribution >= 4 is 49.4 Å². The Labute approximate surface area is 300 Å². The largest absolute Gasteiger partial charge is 0.282 e. The van der Waals surface area contributed by atoms with E-state index < -0.39 is 0 Å². The second kappa shape index (κ2) is 14.0. The quantitative estimate of drug-likeness (QED) is 0.139. The van der Waals surface area contributed by atoms with Gasteiger partial charge in [-0.05, 0) is 69.3 Å². The van der Waals surface area contributed by atoms with Crippen molar-refractivity contribution in [1.82, 2.24) is 0 Å². The molecule has 0 bridgehead atoms. The average Bonchev–Trinajstić information content (AvgIpc) is 3.59. The molecule has 240 valence electrons. The minimum atomic E-state index is 0.127. The van der Waals surface area contributed by atoms with Gasteiger partial charge in [0, 0.05) is 37.5 Å². The molecule has 0 aliphatic heterocycles. The Kier molecular flexibility index (Phi) is 8.66. The predicted molar refractivity (Wildman–Crippen MR) is 214 cm³/mol. The van der Waals surface area contributed by atoms with Crippen LogP contribution in [0.1, 0.15) is 22.3 Å². The van der Waals surface area contributed by atoms with Crippen LogP contribution in [0.2, 0.25) is 0 Å².